The fourth-order valence-corrected chi connectivity index (χ4v) is 5.63. The molecular formula is C22H20N2O8S2. The Morgan fingerprint density at radius 1 is 0.647 bits per heavy atom. The molecule has 2 aromatic rings. The van der Waals surface area contributed by atoms with Crippen LogP contribution in [0.3, 0.4) is 0 Å². The van der Waals surface area contributed by atoms with Crippen LogP contribution in [0.15, 0.2) is 60.7 Å². The summed E-state index contributed by atoms with van der Waals surface area (Å²) in [4.78, 5) is 22.6. The summed E-state index contributed by atoms with van der Waals surface area (Å²) in [6.45, 7) is 0.712. The summed E-state index contributed by atoms with van der Waals surface area (Å²) in [5.41, 5.74) is 0.714. The molecule has 2 aliphatic heterocycles. The van der Waals surface area contributed by atoms with Gasteiger partial charge >= 0.3 is 0 Å². The van der Waals surface area contributed by atoms with Crippen molar-refractivity contribution >= 4 is 41.7 Å². The highest BCUT2D eigenvalue weighted by Gasteiger charge is 2.30. The molecule has 2 amide bonds. The smallest absolute Gasteiger partial charge is 0.265 e. The minimum atomic E-state index is -3.85. The molecule has 0 atom stereocenters. The molecule has 0 aromatic heterocycles. The van der Waals surface area contributed by atoms with E-state index in [0.29, 0.717) is 48.7 Å². The molecule has 178 valence electrons. The van der Waals surface area contributed by atoms with E-state index in [1.807, 2.05) is 9.44 Å². The fourth-order valence-electron chi connectivity index (χ4n) is 3.37. The van der Waals surface area contributed by atoms with Crippen molar-refractivity contribution in [3.63, 3.8) is 0 Å². The van der Waals surface area contributed by atoms with Gasteiger partial charge in [0, 0.05) is 12.2 Å². The quantitative estimate of drug-likeness (QED) is 0.489. The number of carbonyl (C=O) groups excluding carboxylic acids is 2. The summed E-state index contributed by atoms with van der Waals surface area (Å²) in [5.74, 6) is -0.427. The molecule has 0 saturated carbocycles. The lowest BCUT2D eigenvalue weighted by atomic mass is 10.2. The highest BCUT2D eigenvalue weighted by molar-refractivity contribution is 8.00. The number of unbranched alkanes of at least 4 members (excludes halogenated alkanes) is 1. The molecule has 0 spiro atoms. The Hall–Kier alpha value is -3.64. The largest absolute Gasteiger partial charge is 0.494 e. The normalized spacial score (nSPS) is 18.0. The molecular weight excluding hydrogens is 484 g/mol. The molecule has 2 N–H and O–H groups in total. The van der Waals surface area contributed by atoms with Gasteiger partial charge in [0.25, 0.3) is 31.9 Å². The van der Waals surface area contributed by atoms with Gasteiger partial charge in [0.2, 0.25) is 0 Å². The minimum absolute atomic E-state index is 0.0973. The van der Waals surface area contributed by atoms with Crippen molar-refractivity contribution in [2.45, 2.75) is 12.8 Å². The van der Waals surface area contributed by atoms with E-state index in [2.05, 4.69) is 0 Å². The molecule has 10 nitrogen and oxygen atoms in total. The zero-order chi connectivity index (χ0) is 24.3. The predicted octanol–water partition coefficient (Wildman–Crippen LogP) is 1.53. The summed E-state index contributed by atoms with van der Waals surface area (Å²) < 4.78 is 63.0. The molecule has 12 heteroatoms. The molecule has 0 radical (unpaired) electrons. The summed E-state index contributed by atoms with van der Waals surface area (Å²) in [5, 5.41) is 0. The summed E-state index contributed by atoms with van der Waals surface area (Å²) in [6, 6.07) is 12.9. The summed E-state index contributed by atoms with van der Waals surface area (Å²) in [7, 11) is -7.70. The zero-order valence-corrected chi connectivity index (χ0v) is 19.3. The van der Waals surface area contributed by atoms with Crippen LogP contribution in [0.25, 0.3) is 9.81 Å². The van der Waals surface area contributed by atoms with E-state index >= 15 is 0 Å². The number of nitrogens with one attached hydrogen (secondary N) is 2. The van der Waals surface area contributed by atoms with Crippen LogP contribution in [-0.4, -0.2) is 41.9 Å². The van der Waals surface area contributed by atoms with Crippen LogP contribution in [0.4, 0.5) is 0 Å². The maximum atomic E-state index is 12.0. The number of benzene rings is 2. The van der Waals surface area contributed by atoms with Gasteiger partial charge in [0.15, 0.2) is 0 Å². The van der Waals surface area contributed by atoms with E-state index in [0.717, 1.165) is 12.2 Å². The molecule has 2 heterocycles. The third-order valence-electron chi connectivity index (χ3n) is 4.89. The van der Waals surface area contributed by atoms with E-state index in [4.69, 9.17) is 9.47 Å². The van der Waals surface area contributed by atoms with Crippen LogP contribution in [0.2, 0.25) is 0 Å². The van der Waals surface area contributed by atoms with Gasteiger partial charge in [-0.25, -0.2) is 26.3 Å². The topological polar surface area (TPSA) is 145 Å². The molecule has 2 aromatic carbocycles. The van der Waals surface area contributed by atoms with Crippen molar-refractivity contribution in [2.24, 2.45) is 0 Å². The van der Waals surface area contributed by atoms with Crippen molar-refractivity contribution < 1.29 is 35.9 Å². The Kier molecular flexibility index (Phi) is 6.44. The molecule has 0 saturated heterocycles. The van der Waals surface area contributed by atoms with Crippen LogP contribution in [0.5, 0.6) is 11.5 Å². The minimum Gasteiger partial charge on any atom is -0.494 e. The van der Waals surface area contributed by atoms with Crippen molar-refractivity contribution in [2.75, 3.05) is 13.2 Å². The predicted molar refractivity (Wildman–Crippen MR) is 123 cm³/mol. The van der Waals surface area contributed by atoms with Crippen LogP contribution in [-0.2, 0) is 29.6 Å². The lowest BCUT2D eigenvalue weighted by molar-refractivity contribution is -0.115. The molecule has 0 unspecified atom stereocenters. The van der Waals surface area contributed by atoms with Crippen LogP contribution < -0.4 is 18.9 Å². The summed E-state index contributed by atoms with van der Waals surface area (Å²) in [6.07, 6.45) is 3.35. The van der Waals surface area contributed by atoms with Crippen LogP contribution in [0, 0.1) is 0 Å². The average molecular weight is 505 g/mol. The Balaban J connectivity index is 1.26. The maximum Gasteiger partial charge on any atom is 0.265 e. The SMILES string of the molecule is O=C1C=C(c2cccc(OCCCCOc3cccc(C4=CC(=O)NS4(=O)=O)c3)c2)S(=O)(=O)N1. The molecule has 4 rings (SSSR count). The number of ether oxygens (including phenoxy) is 2. The zero-order valence-electron chi connectivity index (χ0n) is 17.7. The number of hydrogen-bond donors (Lipinski definition) is 2. The van der Waals surface area contributed by atoms with Gasteiger partial charge in [-0.2, -0.15) is 0 Å². The van der Waals surface area contributed by atoms with Gasteiger partial charge in [0.1, 0.15) is 21.3 Å². The molecule has 0 fully saturated rings. The third-order valence-corrected chi connectivity index (χ3v) is 7.69. The lowest BCUT2D eigenvalue weighted by Gasteiger charge is -2.10. The molecule has 0 aliphatic carbocycles. The fraction of sp³-hybridized carbons (Fsp3) is 0.182. The van der Waals surface area contributed by atoms with E-state index in [1.165, 1.54) is 0 Å². The number of rotatable bonds is 9. The van der Waals surface area contributed by atoms with Crippen LogP contribution >= 0.6 is 0 Å². The van der Waals surface area contributed by atoms with Crippen molar-refractivity contribution in [1.29, 1.82) is 0 Å². The standard InChI is InChI=1S/C22H20N2O8S2/c25-21-13-19(33(27,28)23-21)15-5-3-7-17(11-15)31-9-1-2-10-32-18-8-4-6-16(12-18)20-14-22(26)24-34(20,29)30/h3-8,11-14H,1-2,9-10H2,(H,23,25)(H,24,26). The van der Waals surface area contributed by atoms with E-state index in [1.54, 1.807) is 48.5 Å². The Bertz CT molecular complexity index is 1320. The Labute approximate surface area is 196 Å². The van der Waals surface area contributed by atoms with Crippen molar-refractivity contribution in [1.82, 2.24) is 9.44 Å². The van der Waals surface area contributed by atoms with Gasteiger partial charge in [0.05, 0.1) is 13.2 Å². The molecule has 0 bridgehead atoms. The van der Waals surface area contributed by atoms with E-state index in [9.17, 15) is 26.4 Å². The van der Waals surface area contributed by atoms with E-state index in [-0.39, 0.29) is 9.81 Å². The monoisotopic (exact) mass is 504 g/mol. The second kappa shape index (κ2) is 9.31. The lowest BCUT2D eigenvalue weighted by Crippen LogP contribution is -2.22. The first-order chi connectivity index (χ1) is 16.1. The first kappa shape index (κ1) is 23.5. The van der Waals surface area contributed by atoms with Gasteiger partial charge in [-0.3, -0.25) is 9.59 Å². The van der Waals surface area contributed by atoms with Gasteiger partial charge in [-0.1, -0.05) is 24.3 Å². The van der Waals surface area contributed by atoms with Crippen LogP contribution in [0.1, 0.15) is 24.0 Å². The average Bonchev–Trinajstić information content (AvgIpc) is 3.22. The highest BCUT2D eigenvalue weighted by atomic mass is 32.2. The Morgan fingerprint density at radius 3 is 1.41 bits per heavy atom. The van der Waals surface area contributed by atoms with Gasteiger partial charge in [-0.15, -0.1) is 0 Å². The van der Waals surface area contributed by atoms with Gasteiger partial charge in [-0.05, 0) is 48.2 Å². The Morgan fingerprint density at radius 2 is 1.06 bits per heavy atom. The molecule has 34 heavy (non-hydrogen) atoms. The van der Waals surface area contributed by atoms with Crippen molar-refractivity contribution in [3.05, 3.63) is 71.8 Å². The van der Waals surface area contributed by atoms with E-state index < -0.39 is 31.9 Å². The highest BCUT2D eigenvalue weighted by Crippen LogP contribution is 2.28. The molecule has 2 aliphatic rings. The number of carbonyl (C=O) groups is 2. The number of amides is 2. The maximum absolute atomic E-state index is 12.0. The third kappa shape index (κ3) is 5.29. The first-order valence-corrected chi connectivity index (χ1v) is 13.1. The first-order valence-electron chi connectivity index (χ1n) is 10.2. The second-order valence-electron chi connectivity index (χ2n) is 7.42. The van der Waals surface area contributed by atoms with Crippen molar-refractivity contribution in [3.8, 4) is 11.5 Å². The number of hydrogen-bond acceptors (Lipinski definition) is 8. The number of sulfonamides is 2. The summed E-state index contributed by atoms with van der Waals surface area (Å²) >= 11 is 0. The van der Waals surface area contributed by atoms with Gasteiger partial charge < -0.3 is 9.47 Å². The second-order valence-corrected chi connectivity index (χ2v) is 10.7.